The zero-order chi connectivity index (χ0) is 11.6. The van der Waals surface area contributed by atoms with Gasteiger partial charge in [-0.05, 0) is 19.4 Å². The summed E-state index contributed by atoms with van der Waals surface area (Å²) in [5, 5.41) is 5.57. The van der Waals surface area contributed by atoms with E-state index in [1.165, 1.54) is 0 Å². The van der Waals surface area contributed by atoms with E-state index in [0.29, 0.717) is 0 Å². The molecule has 0 amide bonds. The fraction of sp³-hybridized carbons (Fsp3) is 1.00. The fourth-order valence-corrected chi connectivity index (χ4v) is 2.94. The van der Waals surface area contributed by atoms with Gasteiger partial charge in [-0.15, -0.1) is 0 Å². The number of hydrogen-bond donors (Lipinski definition) is 4. The number of hydrogen-bond acceptors (Lipinski definition) is 6. The Bertz CT molecular complexity index is 263. The summed E-state index contributed by atoms with van der Waals surface area (Å²) in [4.78, 5) is 38.1. The van der Waals surface area contributed by atoms with E-state index in [2.05, 4.69) is 0 Å². The monoisotopic (exact) mass is 302 g/mol. The van der Waals surface area contributed by atoms with Gasteiger partial charge in [-0.3, -0.25) is 0 Å². The number of nitrogens with two attached hydrogens (primary N) is 1. The van der Waals surface area contributed by atoms with Gasteiger partial charge in [0.2, 0.25) is 0 Å². The maximum atomic E-state index is 10.6. The van der Waals surface area contributed by atoms with E-state index in [1.807, 2.05) is 0 Å². The van der Waals surface area contributed by atoms with Crippen LogP contribution >= 0.6 is 15.2 Å². The van der Waals surface area contributed by atoms with Crippen LogP contribution in [0.25, 0.3) is 0 Å². The standard InChI is InChI=1S/C4H13NO7P2.Mn/c5-3-1-2-4(6,13(7,8)9)14(10,11)12;/h6H,1-3,5H2,(H2,7,8,9)(H2,10,11,12);/q;+2/p-2. The van der Waals surface area contributed by atoms with E-state index in [4.69, 9.17) is 20.6 Å². The molecular weight excluding hydrogens is 291 g/mol. The van der Waals surface area contributed by atoms with Crippen LogP contribution in [-0.4, -0.2) is 26.5 Å². The smallest absolute Gasteiger partial charge is 0.776 e. The van der Waals surface area contributed by atoms with Crippen molar-refractivity contribution in [2.24, 2.45) is 5.73 Å². The molecule has 91 valence electrons. The molecule has 2 unspecified atom stereocenters. The van der Waals surface area contributed by atoms with Crippen molar-refractivity contribution in [3.8, 4) is 0 Å². The summed E-state index contributed by atoms with van der Waals surface area (Å²) in [6, 6.07) is 0. The molecule has 0 fully saturated rings. The summed E-state index contributed by atoms with van der Waals surface area (Å²) in [7, 11) is -11.2. The average molecular weight is 302 g/mol. The summed E-state index contributed by atoms with van der Waals surface area (Å²) in [6.45, 7) is -0.0949. The minimum absolute atomic E-state index is 0. The molecule has 0 aliphatic carbocycles. The van der Waals surface area contributed by atoms with Gasteiger partial charge in [0, 0.05) is 0 Å². The molecule has 0 aliphatic rings. The Labute approximate surface area is 96.7 Å². The van der Waals surface area contributed by atoms with E-state index in [0.717, 1.165) is 0 Å². The van der Waals surface area contributed by atoms with Crippen molar-refractivity contribution < 1.29 is 50.9 Å². The molecule has 15 heavy (non-hydrogen) atoms. The van der Waals surface area contributed by atoms with Crippen LogP contribution in [0.3, 0.4) is 0 Å². The van der Waals surface area contributed by atoms with Crippen molar-refractivity contribution in [2.45, 2.75) is 17.9 Å². The Morgan fingerprint density at radius 1 is 1.20 bits per heavy atom. The maximum Gasteiger partial charge on any atom is 2.00 e. The van der Waals surface area contributed by atoms with Gasteiger partial charge in [0.25, 0.3) is 0 Å². The molecule has 1 radical (unpaired) electrons. The Morgan fingerprint density at radius 3 is 1.73 bits per heavy atom. The zero-order valence-corrected chi connectivity index (χ0v) is 10.4. The fourth-order valence-electron chi connectivity index (χ4n) is 0.782. The zero-order valence-electron chi connectivity index (χ0n) is 7.45. The SMILES string of the molecule is NCCCC(O)(P(=O)([O-])O)P(=O)([O-])O.[Mn+2]. The summed E-state index contributed by atoms with van der Waals surface area (Å²) in [6.07, 6.45) is -1.06. The van der Waals surface area contributed by atoms with Crippen LogP contribution < -0.4 is 15.5 Å². The molecule has 0 spiro atoms. The predicted molar refractivity (Wildman–Crippen MR) is 42.9 cm³/mol. The minimum Gasteiger partial charge on any atom is -0.776 e. The van der Waals surface area contributed by atoms with Crippen molar-refractivity contribution in [3.05, 3.63) is 0 Å². The molecule has 0 rings (SSSR count). The summed E-state index contributed by atoms with van der Waals surface area (Å²) in [5.74, 6) is 0. The first-order valence-corrected chi connectivity index (χ1v) is 6.72. The molecule has 0 heterocycles. The summed E-state index contributed by atoms with van der Waals surface area (Å²) >= 11 is 0. The Kier molecular flexibility index (Phi) is 7.11. The Balaban J connectivity index is 0. The van der Waals surface area contributed by atoms with Gasteiger partial charge in [0.15, 0.2) is 20.3 Å². The van der Waals surface area contributed by atoms with Gasteiger partial charge in [0.1, 0.15) is 0 Å². The first-order chi connectivity index (χ1) is 6.06. The molecule has 11 heteroatoms. The number of aliphatic hydroxyl groups is 1. The molecule has 0 aliphatic heterocycles. The molecular formula is C4H11MnNO7P2. The van der Waals surface area contributed by atoms with E-state index in [-0.39, 0.29) is 30.0 Å². The first kappa shape index (κ1) is 18.1. The van der Waals surface area contributed by atoms with Gasteiger partial charge in [-0.2, -0.15) is 0 Å². The third kappa shape index (κ3) is 4.24. The molecule has 8 nitrogen and oxygen atoms in total. The topological polar surface area (TPSA) is 167 Å². The van der Waals surface area contributed by atoms with Crippen LogP contribution in [0.1, 0.15) is 12.8 Å². The molecule has 0 saturated carbocycles. The number of rotatable bonds is 5. The van der Waals surface area contributed by atoms with Crippen molar-refractivity contribution in [1.29, 1.82) is 0 Å². The van der Waals surface area contributed by atoms with E-state index in [9.17, 15) is 18.9 Å². The van der Waals surface area contributed by atoms with Crippen LogP contribution in [0.2, 0.25) is 0 Å². The largest absolute Gasteiger partial charge is 2.00 e. The molecule has 0 bridgehead atoms. The van der Waals surface area contributed by atoms with Crippen molar-refractivity contribution in [1.82, 2.24) is 0 Å². The normalized spacial score (nSPS) is 23.1. The molecule has 0 aromatic carbocycles. The van der Waals surface area contributed by atoms with Crippen molar-refractivity contribution >= 4 is 15.2 Å². The van der Waals surface area contributed by atoms with Gasteiger partial charge < -0.3 is 39.5 Å². The Hall–Kier alpha value is 0.739. The molecule has 5 N–H and O–H groups in total. The van der Waals surface area contributed by atoms with Gasteiger partial charge >= 0.3 is 17.1 Å². The van der Waals surface area contributed by atoms with Crippen molar-refractivity contribution in [2.75, 3.05) is 6.54 Å². The average Bonchev–Trinajstić information content (AvgIpc) is 1.95. The van der Waals surface area contributed by atoms with Gasteiger partial charge in [-0.1, -0.05) is 0 Å². The van der Waals surface area contributed by atoms with Crippen molar-refractivity contribution in [3.63, 3.8) is 0 Å². The summed E-state index contributed by atoms with van der Waals surface area (Å²) < 4.78 is 21.1. The van der Waals surface area contributed by atoms with Crippen LogP contribution in [-0.2, 0) is 26.2 Å². The quantitative estimate of drug-likeness (QED) is 0.318. The van der Waals surface area contributed by atoms with Gasteiger partial charge in [0.05, 0.1) is 0 Å². The van der Waals surface area contributed by atoms with Crippen LogP contribution in [0.4, 0.5) is 0 Å². The molecule has 0 saturated heterocycles. The third-order valence-corrected chi connectivity index (χ3v) is 5.40. The van der Waals surface area contributed by atoms with Crippen LogP contribution in [0.5, 0.6) is 0 Å². The first-order valence-electron chi connectivity index (χ1n) is 3.56. The maximum absolute atomic E-state index is 10.6. The van der Waals surface area contributed by atoms with E-state index in [1.54, 1.807) is 0 Å². The summed E-state index contributed by atoms with van der Waals surface area (Å²) in [5.41, 5.74) is 4.96. The van der Waals surface area contributed by atoms with Gasteiger partial charge in [-0.25, -0.2) is 0 Å². The third-order valence-electron chi connectivity index (χ3n) is 1.62. The minimum atomic E-state index is -5.61. The van der Waals surface area contributed by atoms with Crippen LogP contribution in [0, 0.1) is 0 Å². The second kappa shape index (κ2) is 5.89. The Morgan fingerprint density at radius 2 is 1.53 bits per heavy atom. The van der Waals surface area contributed by atoms with E-state index >= 15 is 0 Å². The molecule has 0 aromatic rings. The second-order valence-corrected chi connectivity index (χ2v) is 6.62. The molecule has 0 aromatic heterocycles. The molecule has 2 atom stereocenters. The predicted octanol–water partition coefficient (Wildman–Crippen LogP) is -2.54. The van der Waals surface area contributed by atoms with E-state index < -0.39 is 26.7 Å². The van der Waals surface area contributed by atoms with Crippen LogP contribution in [0.15, 0.2) is 0 Å². The second-order valence-electron chi connectivity index (χ2n) is 2.71.